The minimum atomic E-state index is 0.538. The predicted octanol–water partition coefficient (Wildman–Crippen LogP) is 3.61. The van der Waals surface area contributed by atoms with Crippen molar-refractivity contribution in [3.05, 3.63) is 0 Å². The third kappa shape index (κ3) is 5.87. The van der Waals surface area contributed by atoms with Gasteiger partial charge in [0.05, 0.1) is 6.61 Å². The highest BCUT2D eigenvalue weighted by molar-refractivity contribution is 4.83. The third-order valence-electron chi connectivity index (χ3n) is 4.31. The first kappa shape index (κ1) is 15.0. The van der Waals surface area contributed by atoms with Crippen LogP contribution in [0, 0.1) is 11.3 Å². The van der Waals surface area contributed by atoms with E-state index in [4.69, 9.17) is 4.74 Å². The van der Waals surface area contributed by atoms with Crippen LogP contribution in [-0.2, 0) is 4.74 Å². The molecule has 2 heteroatoms. The molecule has 0 radical (unpaired) electrons. The van der Waals surface area contributed by atoms with Crippen LogP contribution in [0.5, 0.6) is 0 Å². The largest absolute Gasteiger partial charge is 0.383 e. The summed E-state index contributed by atoms with van der Waals surface area (Å²) >= 11 is 0. The molecule has 0 aromatic heterocycles. The third-order valence-corrected chi connectivity index (χ3v) is 4.31. The van der Waals surface area contributed by atoms with Crippen LogP contribution in [-0.4, -0.2) is 26.8 Å². The Kier molecular flexibility index (Phi) is 7.14. The minimum Gasteiger partial charge on any atom is -0.383 e. The van der Waals surface area contributed by atoms with Crippen molar-refractivity contribution in [2.75, 3.05) is 26.8 Å². The molecule has 0 unspecified atom stereocenters. The minimum absolute atomic E-state index is 0.538. The number of hydrogen-bond acceptors (Lipinski definition) is 2. The van der Waals surface area contributed by atoms with Gasteiger partial charge in [-0.2, -0.15) is 0 Å². The van der Waals surface area contributed by atoms with Gasteiger partial charge < -0.3 is 10.1 Å². The summed E-state index contributed by atoms with van der Waals surface area (Å²) in [5.74, 6) is 1.02. The standard InChI is InChI=1S/C15H31NO/c1-4-5-6-14-7-9-15(2,10-8-14)13-16-11-12-17-3/h14,16H,4-13H2,1-3H3. The number of methoxy groups -OCH3 is 1. The lowest BCUT2D eigenvalue weighted by Crippen LogP contribution is -2.36. The molecule has 1 aliphatic rings. The molecule has 0 bridgehead atoms. The van der Waals surface area contributed by atoms with Crippen LogP contribution in [0.25, 0.3) is 0 Å². The summed E-state index contributed by atoms with van der Waals surface area (Å²) in [6, 6.07) is 0. The van der Waals surface area contributed by atoms with Crippen molar-refractivity contribution < 1.29 is 4.74 Å². The summed E-state index contributed by atoms with van der Waals surface area (Å²) in [4.78, 5) is 0. The van der Waals surface area contributed by atoms with Gasteiger partial charge in [-0.25, -0.2) is 0 Å². The number of hydrogen-bond donors (Lipinski definition) is 1. The van der Waals surface area contributed by atoms with Gasteiger partial charge in [-0.3, -0.25) is 0 Å². The number of ether oxygens (including phenoxy) is 1. The molecule has 0 spiro atoms. The van der Waals surface area contributed by atoms with E-state index in [1.807, 2.05) is 0 Å². The first-order valence-electron chi connectivity index (χ1n) is 7.40. The SMILES string of the molecule is CCCCC1CCC(C)(CNCCOC)CC1. The van der Waals surface area contributed by atoms with E-state index in [0.29, 0.717) is 5.41 Å². The van der Waals surface area contributed by atoms with Crippen molar-refractivity contribution in [2.45, 2.75) is 58.8 Å². The molecule has 0 heterocycles. The summed E-state index contributed by atoms with van der Waals surface area (Å²) in [5, 5.41) is 3.53. The molecule has 0 atom stereocenters. The highest BCUT2D eigenvalue weighted by atomic mass is 16.5. The average molecular weight is 241 g/mol. The van der Waals surface area contributed by atoms with Crippen LogP contribution in [0.2, 0.25) is 0 Å². The van der Waals surface area contributed by atoms with Crippen molar-refractivity contribution in [1.82, 2.24) is 5.32 Å². The lowest BCUT2D eigenvalue weighted by molar-refractivity contribution is 0.149. The van der Waals surface area contributed by atoms with Crippen LogP contribution in [0.1, 0.15) is 58.8 Å². The Bertz CT molecular complexity index is 185. The van der Waals surface area contributed by atoms with E-state index in [1.165, 1.54) is 44.9 Å². The Morgan fingerprint density at radius 3 is 2.59 bits per heavy atom. The van der Waals surface area contributed by atoms with E-state index in [-0.39, 0.29) is 0 Å². The van der Waals surface area contributed by atoms with E-state index >= 15 is 0 Å². The van der Waals surface area contributed by atoms with Crippen LogP contribution in [0.3, 0.4) is 0 Å². The first-order chi connectivity index (χ1) is 8.20. The maximum absolute atomic E-state index is 5.06. The maximum atomic E-state index is 5.06. The van der Waals surface area contributed by atoms with Gasteiger partial charge in [0.1, 0.15) is 0 Å². The zero-order valence-electron chi connectivity index (χ0n) is 12.1. The van der Waals surface area contributed by atoms with Crippen molar-refractivity contribution in [2.24, 2.45) is 11.3 Å². The van der Waals surface area contributed by atoms with E-state index in [1.54, 1.807) is 7.11 Å². The fourth-order valence-corrected chi connectivity index (χ4v) is 2.90. The summed E-state index contributed by atoms with van der Waals surface area (Å²) in [5.41, 5.74) is 0.538. The molecule has 17 heavy (non-hydrogen) atoms. The highest BCUT2D eigenvalue weighted by Crippen LogP contribution is 2.39. The molecular weight excluding hydrogens is 210 g/mol. The van der Waals surface area contributed by atoms with Gasteiger partial charge in [0.15, 0.2) is 0 Å². The monoisotopic (exact) mass is 241 g/mol. The molecule has 0 aliphatic heterocycles. The molecule has 0 saturated heterocycles. The van der Waals surface area contributed by atoms with Crippen LogP contribution in [0.15, 0.2) is 0 Å². The first-order valence-corrected chi connectivity index (χ1v) is 7.40. The second kappa shape index (κ2) is 8.10. The van der Waals surface area contributed by atoms with Gasteiger partial charge >= 0.3 is 0 Å². The molecule has 1 fully saturated rings. The highest BCUT2D eigenvalue weighted by Gasteiger charge is 2.30. The Labute approximate surface area is 108 Å². The smallest absolute Gasteiger partial charge is 0.0587 e. The van der Waals surface area contributed by atoms with Crippen LogP contribution in [0.4, 0.5) is 0 Å². The fourth-order valence-electron chi connectivity index (χ4n) is 2.90. The molecule has 1 saturated carbocycles. The van der Waals surface area contributed by atoms with Crippen LogP contribution < -0.4 is 5.32 Å². The van der Waals surface area contributed by atoms with Gasteiger partial charge in [-0.1, -0.05) is 33.1 Å². The molecule has 0 aromatic carbocycles. The van der Waals surface area contributed by atoms with Gasteiger partial charge in [0.25, 0.3) is 0 Å². The predicted molar refractivity (Wildman–Crippen MR) is 74.3 cm³/mol. The van der Waals surface area contributed by atoms with Crippen molar-refractivity contribution in [3.8, 4) is 0 Å². The summed E-state index contributed by atoms with van der Waals surface area (Å²) in [7, 11) is 1.77. The lowest BCUT2D eigenvalue weighted by atomic mass is 9.70. The van der Waals surface area contributed by atoms with Gasteiger partial charge in [-0.15, -0.1) is 0 Å². The average Bonchev–Trinajstić information content (AvgIpc) is 2.34. The lowest BCUT2D eigenvalue weighted by Gasteiger charge is -2.37. The second-order valence-electron chi connectivity index (χ2n) is 6.07. The van der Waals surface area contributed by atoms with Crippen molar-refractivity contribution >= 4 is 0 Å². The Morgan fingerprint density at radius 2 is 2.00 bits per heavy atom. The number of nitrogens with one attached hydrogen (secondary N) is 1. The molecule has 1 N–H and O–H groups in total. The molecule has 2 nitrogen and oxygen atoms in total. The molecule has 1 aliphatic carbocycles. The second-order valence-corrected chi connectivity index (χ2v) is 6.07. The van der Waals surface area contributed by atoms with Gasteiger partial charge in [-0.05, 0) is 37.0 Å². The number of rotatable bonds is 8. The zero-order valence-corrected chi connectivity index (χ0v) is 12.1. The van der Waals surface area contributed by atoms with Crippen LogP contribution >= 0.6 is 0 Å². The molecule has 102 valence electrons. The van der Waals surface area contributed by atoms with E-state index in [9.17, 15) is 0 Å². The quantitative estimate of drug-likeness (QED) is 0.656. The fraction of sp³-hybridized carbons (Fsp3) is 1.00. The molecule has 0 amide bonds. The summed E-state index contributed by atoms with van der Waals surface area (Å²) in [6.45, 7) is 7.73. The van der Waals surface area contributed by atoms with Crippen molar-refractivity contribution in [1.29, 1.82) is 0 Å². The Morgan fingerprint density at radius 1 is 1.29 bits per heavy atom. The van der Waals surface area contributed by atoms with E-state index in [2.05, 4.69) is 19.2 Å². The summed E-state index contributed by atoms with van der Waals surface area (Å²) in [6.07, 6.45) is 9.94. The molecule has 1 rings (SSSR count). The normalized spacial score (nSPS) is 29.5. The topological polar surface area (TPSA) is 21.3 Å². The van der Waals surface area contributed by atoms with Crippen molar-refractivity contribution in [3.63, 3.8) is 0 Å². The molecular formula is C15H31NO. The van der Waals surface area contributed by atoms with Gasteiger partial charge in [0, 0.05) is 20.2 Å². The van der Waals surface area contributed by atoms with E-state index in [0.717, 1.165) is 25.6 Å². The Balaban J connectivity index is 2.14. The summed E-state index contributed by atoms with van der Waals surface area (Å²) < 4.78 is 5.06. The zero-order chi connectivity index (χ0) is 12.6. The number of unbranched alkanes of at least 4 members (excludes halogenated alkanes) is 1. The van der Waals surface area contributed by atoms with Gasteiger partial charge in [0.2, 0.25) is 0 Å². The maximum Gasteiger partial charge on any atom is 0.0587 e. The molecule has 0 aromatic rings. The van der Waals surface area contributed by atoms with E-state index < -0.39 is 0 Å². The Hall–Kier alpha value is -0.0800.